The first-order valence-corrected chi connectivity index (χ1v) is 10.3. The van der Waals surface area contributed by atoms with Gasteiger partial charge in [-0.25, -0.2) is 8.42 Å². The number of ether oxygens (including phenoxy) is 2. The van der Waals surface area contributed by atoms with Crippen molar-refractivity contribution in [1.29, 1.82) is 0 Å². The van der Waals surface area contributed by atoms with E-state index in [0.29, 0.717) is 29.4 Å². The Labute approximate surface area is 153 Å². The van der Waals surface area contributed by atoms with E-state index in [-0.39, 0.29) is 22.0 Å². The number of pyridine rings is 1. The summed E-state index contributed by atoms with van der Waals surface area (Å²) in [6.45, 7) is 2.22. The molecule has 6 nitrogen and oxygen atoms in total. The van der Waals surface area contributed by atoms with Crippen LogP contribution in [0.15, 0.2) is 40.2 Å². The van der Waals surface area contributed by atoms with Crippen molar-refractivity contribution in [3.05, 3.63) is 40.8 Å². The van der Waals surface area contributed by atoms with E-state index in [1.54, 1.807) is 44.4 Å². The van der Waals surface area contributed by atoms with Crippen LogP contribution in [0.1, 0.15) is 19.8 Å². The Morgan fingerprint density at radius 2 is 1.92 bits per heavy atom. The fourth-order valence-corrected chi connectivity index (χ4v) is 3.59. The molecule has 0 radical (unpaired) electrons. The van der Waals surface area contributed by atoms with Crippen LogP contribution in [-0.4, -0.2) is 32.5 Å². The van der Waals surface area contributed by atoms with Gasteiger partial charge in [0.15, 0.2) is 15.6 Å². The van der Waals surface area contributed by atoms with Crippen molar-refractivity contribution in [3.8, 4) is 22.6 Å². The van der Waals surface area contributed by atoms with Gasteiger partial charge in [0.05, 0.1) is 24.4 Å². The molecule has 1 heterocycles. The standard InChI is InChI=1S/C19H23NO5S/c1-4-26(22,23)15-7-8-17(25-12-13-5-6-13)16(10-15)14-9-18(24-3)19(21)20(2)11-14/h7-11,13H,4-6,12H2,1-3H3. The zero-order chi connectivity index (χ0) is 18.9. The Morgan fingerprint density at radius 1 is 1.19 bits per heavy atom. The summed E-state index contributed by atoms with van der Waals surface area (Å²) in [6, 6.07) is 6.49. The Balaban J connectivity index is 2.13. The van der Waals surface area contributed by atoms with Gasteiger partial charge >= 0.3 is 0 Å². The molecule has 0 spiro atoms. The molecule has 0 bridgehead atoms. The van der Waals surface area contributed by atoms with Gasteiger partial charge in [-0.05, 0) is 43.0 Å². The van der Waals surface area contributed by atoms with Crippen LogP contribution in [0.4, 0.5) is 0 Å². The van der Waals surface area contributed by atoms with E-state index in [4.69, 9.17) is 9.47 Å². The van der Waals surface area contributed by atoms with Gasteiger partial charge in [-0.15, -0.1) is 0 Å². The average molecular weight is 377 g/mol. The Kier molecular flexibility index (Phi) is 5.09. The molecule has 1 aromatic heterocycles. The second-order valence-corrected chi connectivity index (χ2v) is 8.81. The zero-order valence-electron chi connectivity index (χ0n) is 15.2. The smallest absolute Gasteiger partial charge is 0.292 e. The van der Waals surface area contributed by atoms with Crippen LogP contribution in [0, 0.1) is 5.92 Å². The fourth-order valence-electron chi connectivity index (χ4n) is 2.69. The van der Waals surface area contributed by atoms with Gasteiger partial charge in [-0.3, -0.25) is 4.79 Å². The largest absolute Gasteiger partial charge is 0.493 e. The molecule has 1 aliphatic rings. The van der Waals surface area contributed by atoms with E-state index in [9.17, 15) is 13.2 Å². The van der Waals surface area contributed by atoms with Crippen molar-refractivity contribution >= 4 is 9.84 Å². The van der Waals surface area contributed by atoms with Crippen molar-refractivity contribution in [2.24, 2.45) is 13.0 Å². The second kappa shape index (κ2) is 7.15. The summed E-state index contributed by atoms with van der Waals surface area (Å²) in [5.74, 6) is 1.39. The van der Waals surface area contributed by atoms with Crippen LogP contribution < -0.4 is 15.0 Å². The van der Waals surface area contributed by atoms with Crippen molar-refractivity contribution in [1.82, 2.24) is 4.57 Å². The minimum Gasteiger partial charge on any atom is -0.493 e. The van der Waals surface area contributed by atoms with Gasteiger partial charge in [-0.2, -0.15) is 0 Å². The summed E-state index contributed by atoms with van der Waals surface area (Å²) in [6.07, 6.45) is 3.98. The summed E-state index contributed by atoms with van der Waals surface area (Å²) < 4.78 is 37.1. The van der Waals surface area contributed by atoms with Crippen molar-refractivity contribution in [2.75, 3.05) is 19.5 Å². The molecule has 1 aromatic carbocycles. The molecule has 0 atom stereocenters. The number of aromatic nitrogens is 1. The predicted molar refractivity (Wildman–Crippen MR) is 99.6 cm³/mol. The van der Waals surface area contributed by atoms with Crippen LogP contribution in [0.3, 0.4) is 0 Å². The molecule has 0 N–H and O–H groups in total. The third-order valence-corrected chi connectivity index (χ3v) is 6.28. The number of hydrogen-bond donors (Lipinski definition) is 0. The van der Waals surface area contributed by atoms with E-state index in [1.807, 2.05) is 0 Å². The maximum absolute atomic E-state index is 12.3. The monoisotopic (exact) mass is 377 g/mol. The number of hydrogen-bond acceptors (Lipinski definition) is 5. The first kappa shape index (κ1) is 18.5. The maximum Gasteiger partial charge on any atom is 0.292 e. The number of sulfone groups is 1. The predicted octanol–water partition coefficient (Wildman–Crippen LogP) is 2.64. The minimum atomic E-state index is -3.35. The Hall–Kier alpha value is -2.28. The lowest BCUT2D eigenvalue weighted by Crippen LogP contribution is -2.18. The molecule has 3 rings (SSSR count). The fraction of sp³-hybridized carbons (Fsp3) is 0.421. The molecule has 0 aliphatic heterocycles. The van der Waals surface area contributed by atoms with Gasteiger partial charge in [0.2, 0.25) is 0 Å². The molecule has 0 unspecified atom stereocenters. The zero-order valence-corrected chi connectivity index (χ0v) is 16.0. The van der Waals surface area contributed by atoms with Crippen molar-refractivity contribution in [3.63, 3.8) is 0 Å². The molecular weight excluding hydrogens is 354 g/mol. The third-order valence-electron chi connectivity index (χ3n) is 4.54. The molecule has 2 aromatic rings. The lowest BCUT2D eigenvalue weighted by atomic mass is 10.1. The molecule has 1 fully saturated rings. The quantitative estimate of drug-likeness (QED) is 0.742. The lowest BCUT2D eigenvalue weighted by molar-refractivity contribution is 0.301. The first-order chi connectivity index (χ1) is 12.4. The molecule has 26 heavy (non-hydrogen) atoms. The van der Waals surface area contributed by atoms with Crippen molar-refractivity contribution in [2.45, 2.75) is 24.7 Å². The topological polar surface area (TPSA) is 74.6 Å². The van der Waals surface area contributed by atoms with Crippen LogP contribution >= 0.6 is 0 Å². The van der Waals surface area contributed by atoms with Gasteiger partial charge < -0.3 is 14.0 Å². The second-order valence-electron chi connectivity index (χ2n) is 6.53. The molecule has 0 saturated heterocycles. The molecule has 1 saturated carbocycles. The lowest BCUT2D eigenvalue weighted by Gasteiger charge is -2.15. The van der Waals surface area contributed by atoms with Crippen LogP contribution in [-0.2, 0) is 16.9 Å². The summed E-state index contributed by atoms with van der Waals surface area (Å²) >= 11 is 0. The summed E-state index contributed by atoms with van der Waals surface area (Å²) in [5, 5.41) is 0. The van der Waals surface area contributed by atoms with E-state index < -0.39 is 9.84 Å². The summed E-state index contributed by atoms with van der Waals surface area (Å²) in [5.41, 5.74) is 1.05. The van der Waals surface area contributed by atoms with E-state index in [1.165, 1.54) is 11.7 Å². The molecule has 0 amide bonds. The number of methoxy groups -OCH3 is 1. The van der Waals surface area contributed by atoms with E-state index >= 15 is 0 Å². The SMILES string of the molecule is CCS(=O)(=O)c1ccc(OCC2CC2)c(-c2cc(OC)c(=O)n(C)c2)c1. The first-order valence-electron chi connectivity index (χ1n) is 8.60. The van der Waals surface area contributed by atoms with E-state index in [2.05, 4.69) is 0 Å². The average Bonchev–Trinajstić information content (AvgIpc) is 3.46. The number of aryl methyl sites for hydroxylation is 1. The van der Waals surface area contributed by atoms with Gasteiger partial charge in [0.1, 0.15) is 5.75 Å². The highest BCUT2D eigenvalue weighted by atomic mass is 32.2. The van der Waals surface area contributed by atoms with Crippen LogP contribution in [0.25, 0.3) is 11.1 Å². The highest BCUT2D eigenvalue weighted by molar-refractivity contribution is 7.91. The molecule has 1 aliphatic carbocycles. The summed E-state index contributed by atoms with van der Waals surface area (Å²) in [4.78, 5) is 12.3. The minimum absolute atomic E-state index is 0.0192. The maximum atomic E-state index is 12.3. The summed E-state index contributed by atoms with van der Waals surface area (Å²) in [7, 11) is -0.290. The Bertz CT molecular complexity index is 974. The third kappa shape index (κ3) is 3.77. The van der Waals surface area contributed by atoms with Gasteiger partial charge in [0, 0.05) is 24.4 Å². The number of benzene rings is 1. The van der Waals surface area contributed by atoms with Crippen molar-refractivity contribution < 1.29 is 17.9 Å². The van der Waals surface area contributed by atoms with Crippen LogP contribution in [0.5, 0.6) is 11.5 Å². The normalized spacial score (nSPS) is 14.3. The Morgan fingerprint density at radius 3 is 2.54 bits per heavy atom. The highest BCUT2D eigenvalue weighted by Gasteiger charge is 2.23. The number of nitrogens with zero attached hydrogens (tertiary/aromatic N) is 1. The molecule has 7 heteroatoms. The highest BCUT2D eigenvalue weighted by Crippen LogP contribution is 2.36. The molecule has 140 valence electrons. The van der Waals surface area contributed by atoms with E-state index in [0.717, 1.165) is 12.8 Å². The number of rotatable bonds is 7. The van der Waals surface area contributed by atoms with Gasteiger partial charge in [0.25, 0.3) is 5.56 Å². The van der Waals surface area contributed by atoms with Gasteiger partial charge in [-0.1, -0.05) is 6.92 Å². The molecular formula is C19H23NO5S. The van der Waals surface area contributed by atoms with Crippen LogP contribution in [0.2, 0.25) is 0 Å².